The lowest BCUT2D eigenvalue weighted by Crippen LogP contribution is -1.98. The molecule has 0 aromatic heterocycles. The van der Waals surface area contributed by atoms with Gasteiger partial charge in [-0.25, -0.2) is 0 Å². The Hall–Kier alpha value is -2.74. The Morgan fingerprint density at radius 2 is 0.913 bits per heavy atom. The van der Waals surface area contributed by atoms with Gasteiger partial charge in [-0.15, -0.1) is 0 Å². The molecule has 0 amide bonds. The van der Waals surface area contributed by atoms with E-state index in [-0.39, 0.29) is 12.1 Å². The molecule has 0 spiro atoms. The summed E-state index contributed by atoms with van der Waals surface area (Å²) in [6, 6.07) is 30.9. The van der Waals surface area contributed by atoms with E-state index in [4.69, 9.17) is 0 Å². The SMILES string of the molecule is CC(N=NC(c1ccccc1)c1ccccc1)c1ccccc1. The molecule has 0 saturated heterocycles. The number of benzene rings is 3. The van der Waals surface area contributed by atoms with Gasteiger partial charge in [0.15, 0.2) is 0 Å². The molecule has 0 saturated carbocycles. The molecule has 1 atom stereocenters. The molecule has 0 N–H and O–H groups in total. The van der Waals surface area contributed by atoms with E-state index in [0.717, 1.165) is 11.1 Å². The van der Waals surface area contributed by atoms with E-state index in [1.807, 2.05) is 54.6 Å². The van der Waals surface area contributed by atoms with Gasteiger partial charge in [0.05, 0.1) is 6.04 Å². The molecule has 2 heteroatoms. The lowest BCUT2D eigenvalue weighted by molar-refractivity contribution is 0.681. The van der Waals surface area contributed by atoms with E-state index >= 15 is 0 Å². The summed E-state index contributed by atoms with van der Waals surface area (Å²) in [7, 11) is 0. The van der Waals surface area contributed by atoms with Crippen molar-refractivity contribution >= 4 is 0 Å². The van der Waals surface area contributed by atoms with Crippen LogP contribution < -0.4 is 0 Å². The number of azo groups is 1. The third-order valence-corrected chi connectivity index (χ3v) is 3.87. The van der Waals surface area contributed by atoms with Crippen molar-refractivity contribution in [2.75, 3.05) is 0 Å². The number of hydrogen-bond acceptors (Lipinski definition) is 2. The first-order valence-corrected chi connectivity index (χ1v) is 7.89. The van der Waals surface area contributed by atoms with Crippen LogP contribution in [0.25, 0.3) is 0 Å². The Morgan fingerprint density at radius 1 is 0.522 bits per heavy atom. The molecule has 2 nitrogen and oxygen atoms in total. The second-order valence-corrected chi connectivity index (χ2v) is 5.54. The zero-order chi connectivity index (χ0) is 15.9. The summed E-state index contributed by atoms with van der Waals surface area (Å²) in [5.41, 5.74) is 3.49. The molecule has 3 aromatic rings. The summed E-state index contributed by atoms with van der Waals surface area (Å²) in [6.45, 7) is 2.08. The van der Waals surface area contributed by atoms with Gasteiger partial charge in [-0.1, -0.05) is 91.0 Å². The predicted molar refractivity (Wildman–Crippen MR) is 94.4 cm³/mol. The third kappa shape index (κ3) is 3.92. The molecule has 0 aliphatic rings. The molecule has 3 rings (SSSR count). The van der Waals surface area contributed by atoms with Gasteiger partial charge in [-0.05, 0) is 23.6 Å². The van der Waals surface area contributed by atoms with E-state index in [1.54, 1.807) is 0 Å². The zero-order valence-corrected chi connectivity index (χ0v) is 13.2. The van der Waals surface area contributed by atoms with Crippen LogP contribution in [0.15, 0.2) is 101 Å². The van der Waals surface area contributed by atoms with Crippen LogP contribution in [-0.4, -0.2) is 0 Å². The van der Waals surface area contributed by atoms with Crippen molar-refractivity contribution in [3.8, 4) is 0 Å². The summed E-state index contributed by atoms with van der Waals surface area (Å²) in [6.07, 6.45) is 0. The fourth-order valence-corrected chi connectivity index (χ4v) is 2.56. The molecule has 0 fully saturated rings. The van der Waals surface area contributed by atoms with Crippen LogP contribution >= 0.6 is 0 Å². The van der Waals surface area contributed by atoms with Gasteiger partial charge in [0.1, 0.15) is 6.04 Å². The fourth-order valence-electron chi connectivity index (χ4n) is 2.56. The average Bonchev–Trinajstić information content (AvgIpc) is 2.64. The second-order valence-electron chi connectivity index (χ2n) is 5.54. The first kappa shape index (κ1) is 15.2. The van der Waals surface area contributed by atoms with Crippen LogP contribution in [0.1, 0.15) is 35.7 Å². The van der Waals surface area contributed by atoms with E-state index in [2.05, 4.69) is 53.6 Å². The van der Waals surface area contributed by atoms with Gasteiger partial charge in [0.25, 0.3) is 0 Å². The maximum atomic E-state index is 4.67. The van der Waals surface area contributed by atoms with Crippen molar-refractivity contribution in [2.24, 2.45) is 10.2 Å². The Morgan fingerprint density at radius 3 is 1.35 bits per heavy atom. The molecular weight excluding hydrogens is 280 g/mol. The van der Waals surface area contributed by atoms with Crippen molar-refractivity contribution < 1.29 is 0 Å². The molecule has 23 heavy (non-hydrogen) atoms. The molecule has 114 valence electrons. The lowest BCUT2D eigenvalue weighted by atomic mass is 10.00. The highest BCUT2D eigenvalue weighted by atomic mass is 15.1. The second kappa shape index (κ2) is 7.50. The van der Waals surface area contributed by atoms with E-state index in [0.29, 0.717) is 0 Å². The van der Waals surface area contributed by atoms with Crippen molar-refractivity contribution in [2.45, 2.75) is 19.0 Å². The van der Waals surface area contributed by atoms with Gasteiger partial charge in [-0.2, -0.15) is 10.2 Å². The maximum Gasteiger partial charge on any atom is 0.121 e. The Bertz CT molecular complexity index is 697. The molecule has 0 bridgehead atoms. The fraction of sp³-hybridized carbons (Fsp3) is 0.143. The monoisotopic (exact) mass is 300 g/mol. The zero-order valence-electron chi connectivity index (χ0n) is 13.2. The number of hydrogen-bond donors (Lipinski definition) is 0. The van der Waals surface area contributed by atoms with Gasteiger partial charge < -0.3 is 0 Å². The smallest absolute Gasteiger partial charge is 0.121 e. The molecule has 0 aliphatic carbocycles. The quantitative estimate of drug-likeness (QED) is 0.517. The van der Waals surface area contributed by atoms with E-state index < -0.39 is 0 Å². The van der Waals surface area contributed by atoms with Crippen LogP contribution in [0.5, 0.6) is 0 Å². The highest BCUT2D eigenvalue weighted by molar-refractivity contribution is 5.31. The number of nitrogens with zero attached hydrogens (tertiary/aromatic N) is 2. The molecular formula is C21H20N2. The van der Waals surface area contributed by atoms with Crippen LogP contribution in [0, 0.1) is 0 Å². The van der Waals surface area contributed by atoms with Crippen molar-refractivity contribution in [3.63, 3.8) is 0 Å². The van der Waals surface area contributed by atoms with Crippen LogP contribution in [0.4, 0.5) is 0 Å². The van der Waals surface area contributed by atoms with Crippen LogP contribution in [0.3, 0.4) is 0 Å². The van der Waals surface area contributed by atoms with Gasteiger partial charge in [0.2, 0.25) is 0 Å². The van der Waals surface area contributed by atoms with Crippen molar-refractivity contribution in [3.05, 3.63) is 108 Å². The standard InChI is InChI=1S/C21H20N2/c1-17(18-11-5-2-6-12-18)22-23-21(19-13-7-3-8-14-19)20-15-9-4-10-16-20/h2-17,21H,1H3. The van der Waals surface area contributed by atoms with Gasteiger partial charge >= 0.3 is 0 Å². The Kier molecular flexibility index (Phi) is 4.95. The van der Waals surface area contributed by atoms with Crippen LogP contribution in [0.2, 0.25) is 0 Å². The maximum absolute atomic E-state index is 4.67. The normalized spacial score (nSPS) is 12.6. The minimum absolute atomic E-state index is 0.0473. The van der Waals surface area contributed by atoms with Crippen LogP contribution in [-0.2, 0) is 0 Å². The van der Waals surface area contributed by atoms with Gasteiger partial charge in [0, 0.05) is 0 Å². The Labute approximate surface area is 137 Å². The summed E-state index contributed by atoms with van der Waals surface area (Å²) in [5, 5.41) is 9.24. The largest absolute Gasteiger partial charge is 0.185 e. The summed E-state index contributed by atoms with van der Waals surface area (Å²) >= 11 is 0. The molecule has 1 unspecified atom stereocenters. The van der Waals surface area contributed by atoms with Crippen molar-refractivity contribution in [1.82, 2.24) is 0 Å². The molecule has 0 radical (unpaired) electrons. The minimum atomic E-state index is -0.0661. The summed E-state index contributed by atoms with van der Waals surface area (Å²) < 4.78 is 0. The molecule has 0 aliphatic heterocycles. The van der Waals surface area contributed by atoms with Crippen molar-refractivity contribution in [1.29, 1.82) is 0 Å². The number of rotatable bonds is 5. The lowest BCUT2D eigenvalue weighted by Gasteiger charge is -2.13. The molecule has 0 heterocycles. The summed E-state index contributed by atoms with van der Waals surface area (Å²) in [4.78, 5) is 0. The third-order valence-electron chi connectivity index (χ3n) is 3.87. The highest BCUT2D eigenvalue weighted by Gasteiger charge is 2.13. The average molecular weight is 300 g/mol. The highest BCUT2D eigenvalue weighted by Crippen LogP contribution is 2.28. The Balaban J connectivity index is 1.89. The van der Waals surface area contributed by atoms with Gasteiger partial charge in [-0.3, -0.25) is 0 Å². The van der Waals surface area contributed by atoms with E-state index in [9.17, 15) is 0 Å². The first-order chi connectivity index (χ1) is 11.3. The van der Waals surface area contributed by atoms with E-state index in [1.165, 1.54) is 5.56 Å². The topological polar surface area (TPSA) is 24.7 Å². The summed E-state index contributed by atoms with van der Waals surface area (Å²) in [5.74, 6) is 0. The minimum Gasteiger partial charge on any atom is -0.185 e. The molecule has 3 aromatic carbocycles. The predicted octanol–water partition coefficient (Wildman–Crippen LogP) is 5.99. The first-order valence-electron chi connectivity index (χ1n) is 7.89.